The highest BCUT2D eigenvalue weighted by atomic mass is 16.5. The average molecular weight is 279 g/mol. The van der Waals surface area contributed by atoms with Gasteiger partial charge in [-0.1, -0.05) is 42.5 Å². The van der Waals surface area contributed by atoms with Crippen molar-refractivity contribution in [3.05, 3.63) is 66.2 Å². The number of aromatic nitrogens is 2. The van der Waals surface area contributed by atoms with Crippen molar-refractivity contribution < 1.29 is 4.74 Å². The quantitative estimate of drug-likeness (QED) is 0.798. The number of nitrogen functional groups attached to an aromatic ring is 1. The van der Waals surface area contributed by atoms with Crippen LogP contribution in [0.5, 0.6) is 5.75 Å². The highest BCUT2D eigenvalue weighted by Crippen LogP contribution is 2.21. The van der Waals surface area contributed by atoms with Crippen LogP contribution >= 0.6 is 0 Å². The van der Waals surface area contributed by atoms with Crippen LogP contribution in [-0.4, -0.2) is 16.9 Å². The highest BCUT2D eigenvalue weighted by molar-refractivity contribution is 5.62. The van der Waals surface area contributed by atoms with E-state index in [0.717, 1.165) is 22.6 Å². The van der Waals surface area contributed by atoms with Crippen LogP contribution in [0.4, 0.5) is 5.82 Å². The van der Waals surface area contributed by atoms with Gasteiger partial charge in [0.1, 0.15) is 11.6 Å². The Bertz CT molecular complexity index is 718. The third-order valence-electron chi connectivity index (χ3n) is 3.37. The minimum Gasteiger partial charge on any atom is -0.497 e. The first-order valence-corrected chi connectivity index (χ1v) is 6.78. The van der Waals surface area contributed by atoms with Crippen LogP contribution in [0.2, 0.25) is 0 Å². The molecule has 1 heterocycles. The predicted molar refractivity (Wildman–Crippen MR) is 84.2 cm³/mol. The summed E-state index contributed by atoms with van der Waals surface area (Å²) in [6.07, 6.45) is 0. The van der Waals surface area contributed by atoms with Crippen molar-refractivity contribution in [3.8, 4) is 17.0 Å². The number of anilines is 1. The topological polar surface area (TPSA) is 53.1 Å². The summed E-state index contributed by atoms with van der Waals surface area (Å²) < 4.78 is 6.97. The maximum Gasteiger partial charge on any atom is 0.122 e. The third kappa shape index (κ3) is 2.89. The standard InChI is InChI=1S/C17H17N3O/c1-21-15-9-7-13(8-10-15)12-20-17(18)11-16(19-20)14-5-3-2-4-6-14/h2-11H,12,18H2,1H3. The Morgan fingerprint density at radius 1 is 1.05 bits per heavy atom. The van der Waals surface area contributed by atoms with Gasteiger partial charge in [-0.2, -0.15) is 5.10 Å². The van der Waals surface area contributed by atoms with E-state index in [1.54, 1.807) is 7.11 Å². The molecule has 1 aromatic heterocycles. The summed E-state index contributed by atoms with van der Waals surface area (Å²) >= 11 is 0. The van der Waals surface area contributed by atoms with Crippen molar-refractivity contribution in [2.24, 2.45) is 0 Å². The maximum absolute atomic E-state index is 6.06. The largest absolute Gasteiger partial charge is 0.497 e. The third-order valence-corrected chi connectivity index (χ3v) is 3.37. The molecule has 0 fully saturated rings. The molecule has 0 aliphatic rings. The summed E-state index contributed by atoms with van der Waals surface area (Å²) in [5, 5.41) is 4.58. The normalized spacial score (nSPS) is 10.5. The minimum atomic E-state index is 0.642. The molecule has 0 atom stereocenters. The SMILES string of the molecule is COc1ccc(Cn2nc(-c3ccccc3)cc2N)cc1. The van der Waals surface area contributed by atoms with E-state index in [-0.39, 0.29) is 0 Å². The van der Waals surface area contributed by atoms with Crippen LogP contribution in [0.3, 0.4) is 0 Å². The van der Waals surface area contributed by atoms with Crippen LogP contribution < -0.4 is 10.5 Å². The molecule has 0 amide bonds. The predicted octanol–water partition coefficient (Wildman–Crippen LogP) is 3.19. The fraction of sp³-hybridized carbons (Fsp3) is 0.118. The number of methoxy groups -OCH3 is 1. The fourth-order valence-electron chi connectivity index (χ4n) is 2.21. The van der Waals surface area contributed by atoms with E-state index in [2.05, 4.69) is 5.10 Å². The van der Waals surface area contributed by atoms with Gasteiger partial charge >= 0.3 is 0 Å². The molecular formula is C17H17N3O. The van der Waals surface area contributed by atoms with Crippen molar-refractivity contribution in [1.29, 1.82) is 0 Å². The van der Waals surface area contributed by atoms with Gasteiger partial charge in [-0.25, -0.2) is 4.68 Å². The van der Waals surface area contributed by atoms with Gasteiger partial charge in [-0.3, -0.25) is 0 Å². The van der Waals surface area contributed by atoms with E-state index >= 15 is 0 Å². The van der Waals surface area contributed by atoms with Gasteiger partial charge in [0.05, 0.1) is 19.3 Å². The van der Waals surface area contributed by atoms with E-state index in [9.17, 15) is 0 Å². The Morgan fingerprint density at radius 2 is 1.76 bits per heavy atom. The van der Waals surface area contributed by atoms with Crippen molar-refractivity contribution in [2.75, 3.05) is 12.8 Å². The van der Waals surface area contributed by atoms with E-state index in [1.165, 1.54) is 0 Å². The molecule has 0 unspecified atom stereocenters. The Balaban J connectivity index is 1.84. The summed E-state index contributed by atoms with van der Waals surface area (Å²) in [5.41, 5.74) is 9.15. The van der Waals surface area contributed by atoms with Crippen LogP contribution in [0.25, 0.3) is 11.3 Å². The van der Waals surface area contributed by atoms with Gasteiger partial charge in [0.15, 0.2) is 0 Å². The van der Waals surface area contributed by atoms with Gasteiger partial charge in [0, 0.05) is 11.6 Å². The van der Waals surface area contributed by atoms with Crippen molar-refractivity contribution in [1.82, 2.24) is 9.78 Å². The Hall–Kier alpha value is -2.75. The molecule has 2 N–H and O–H groups in total. The van der Waals surface area contributed by atoms with E-state index < -0.39 is 0 Å². The molecule has 0 saturated carbocycles. The number of rotatable bonds is 4. The Kier molecular flexibility index (Phi) is 3.60. The first-order valence-electron chi connectivity index (χ1n) is 6.78. The first kappa shape index (κ1) is 13.2. The van der Waals surface area contributed by atoms with Crippen molar-refractivity contribution in [2.45, 2.75) is 6.54 Å². The second-order valence-electron chi connectivity index (χ2n) is 4.83. The van der Waals surface area contributed by atoms with E-state index in [0.29, 0.717) is 12.4 Å². The molecule has 0 radical (unpaired) electrons. The lowest BCUT2D eigenvalue weighted by molar-refractivity contribution is 0.414. The van der Waals surface area contributed by atoms with Gasteiger partial charge < -0.3 is 10.5 Å². The van der Waals surface area contributed by atoms with Crippen molar-refractivity contribution in [3.63, 3.8) is 0 Å². The summed E-state index contributed by atoms with van der Waals surface area (Å²) in [4.78, 5) is 0. The molecule has 0 aliphatic carbocycles. The van der Waals surface area contributed by atoms with E-state index in [1.807, 2.05) is 65.3 Å². The smallest absolute Gasteiger partial charge is 0.122 e. The summed E-state index contributed by atoms with van der Waals surface area (Å²) in [6.45, 7) is 0.642. The summed E-state index contributed by atoms with van der Waals surface area (Å²) in [7, 11) is 1.66. The first-order chi connectivity index (χ1) is 10.3. The highest BCUT2D eigenvalue weighted by Gasteiger charge is 2.07. The summed E-state index contributed by atoms with van der Waals surface area (Å²) in [6, 6.07) is 19.8. The van der Waals surface area contributed by atoms with Gasteiger partial charge in [0.25, 0.3) is 0 Å². The zero-order chi connectivity index (χ0) is 14.7. The Labute approximate surface area is 123 Å². The Morgan fingerprint density at radius 3 is 2.43 bits per heavy atom. The zero-order valence-electron chi connectivity index (χ0n) is 11.9. The molecule has 0 spiro atoms. The molecular weight excluding hydrogens is 262 g/mol. The molecule has 21 heavy (non-hydrogen) atoms. The van der Waals surface area contributed by atoms with Crippen molar-refractivity contribution >= 4 is 5.82 Å². The van der Waals surface area contributed by atoms with Crippen LogP contribution in [0, 0.1) is 0 Å². The molecule has 3 rings (SSSR count). The molecule has 4 heteroatoms. The minimum absolute atomic E-state index is 0.642. The second-order valence-corrected chi connectivity index (χ2v) is 4.83. The molecule has 106 valence electrons. The number of ether oxygens (including phenoxy) is 1. The van der Waals surface area contributed by atoms with E-state index in [4.69, 9.17) is 10.5 Å². The number of hydrogen-bond acceptors (Lipinski definition) is 3. The molecule has 2 aromatic carbocycles. The van der Waals surface area contributed by atoms with Gasteiger partial charge in [-0.15, -0.1) is 0 Å². The monoisotopic (exact) mass is 279 g/mol. The average Bonchev–Trinajstić information content (AvgIpc) is 2.90. The number of hydrogen-bond donors (Lipinski definition) is 1. The number of benzene rings is 2. The maximum atomic E-state index is 6.06. The molecule has 0 saturated heterocycles. The number of nitrogens with two attached hydrogens (primary N) is 1. The molecule has 4 nitrogen and oxygen atoms in total. The van der Waals surface area contributed by atoms with Gasteiger partial charge in [-0.05, 0) is 17.7 Å². The van der Waals surface area contributed by atoms with Crippen LogP contribution in [0.1, 0.15) is 5.56 Å². The van der Waals surface area contributed by atoms with Crippen LogP contribution in [0.15, 0.2) is 60.7 Å². The molecule has 0 aliphatic heterocycles. The lowest BCUT2D eigenvalue weighted by Crippen LogP contribution is -2.05. The zero-order valence-corrected chi connectivity index (χ0v) is 11.9. The summed E-state index contributed by atoms with van der Waals surface area (Å²) in [5.74, 6) is 1.50. The lowest BCUT2D eigenvalue weighted by Gasteiger charge is -2.05. The number of nitrogens with zero attached hydrogens (tertiary/aromatic N) is 2. The molecule has 3 aromatic rings. The van der Waals surface area contributed by atoms with Crippen LogP contribution in [-0.2, 0) is 6.54 Å². The van der Waals surface area contributed by atoms with Gasteiger partial charge in [0.2, 0.25) is 0 Å². The second kappa shape index (κ2) is 5.71. The lowest BCUT2D eigenvalue weighted by atomic mass is 10.2. The fourth-order valence-corrected chi connectivity index (χ4v) is 2.21. The molecule has 0 bridgehead atoms.